The van der Waals surface area contributed by atoms with Crippen LogP contribution in [-0.4, -0.2) is 36.1 Å². The molecule has 0 spiro atoms. The third-order valence-electron chi connectivity index (χ3n) is 6.55. The second-order valence-electron chi connectivity index (χ2n) is 9.78. The summed E-state index contributed by atoms with van der Waals surface area (Å²) in [6, 6.07) is 8.48. The number of pyridine rings is 1. The zero-order chi connectivity index (χ0) is 24.8. The first kappa shape index (κ1) is 25.6. The Kier molecular flexibility index (Phi) is 8.74. The molecule has 1 aliphatic carbocycles. The maximum Gasteiger partial charge on any atom is 0.309 e. The first-order chi connectivity index (χ1) is 16.9. The Morgan fingerprint density at radius 1 is 1.14 bits per heavy atom. The van der Waals surface area contributed by atoms with Gasteiger partial charge in [0, 0.05) is 12.2 Å². The summed E-state index contributed by atoms with van der Waals surface area (Å²) in [5.74, 6) is 0.130. The van der Waals surface area contributed by atoms with E-state index in [-0.39, 0.29) is 42.8 Å². The van der Waals surface area contributed by atoms with Crippen LogP contribution in [0.15, 0.2) is 30.3 Å². The fraction of sp³-hybridized carbons (Fsp3) is 0.571. The number of hydrogen-bond donors (Lipinski definition) is 0. The molecule has 2 fully saturated rings. The van der Waals surface area contributed by atoms with Gasteiger partial charge in [0.1, 0.15) is 11.6 Å². The molecule has 0 N–H and O–H groups in total. The molecule has 1 unspecified atom stereocenters. The lowest BCUT2D eigenvalue weighted by atomic mass is 9.87. The standard InChI is InChI=1S/C28H36FNO5/c1-18(2)34-28(31)20-7-6-8-23(16-20)35-26-13-12-25(30-19(26)3)24-11-10-22(29)15-21(24)17-33-27-9-4-5-14-32-27/h10-13,15,18,20,23,27H,4-9,14,16-17H2,1-3H3/t20-,23-,27?/m0/s1. The van der Waals surface area contributed by atoms with Crippen molar-refractivity contribution in [1.82, 2.24) is 4.98 Å². The molecule has 0 bridgehead atoms. The van der Waals surface area contributed by atoms with E-state index in [9.17, 15) is 9.18 Å². The zero-order valence-electron chi connectivity index (χ0n) is 20.9. The van der Waals surface area contributed by atoms with E-state index in [4.69, 9.17) is 23.9 Å². The van der Waals surface area contributed by atoms with E-state index < -0.39 is 0 Å². The molecule has 1 saturated carbocycles. The van der Waals surface area contributed by atoms with Gasteiger partial charge in [0.2, 0.25) is 0 Å². The van der Waals surface area contributed by atoms with Crippen LogP contribution < -0.4 is 4.74 Å². The van der Waals surface area contributed by atoms with Gasteiger partial charge in [0.15, 0.2) is 6.29 Å². The number of hydrogen-bond acceptors (Lipinski definition) is 6. The SMILES string of the molecule is Cc1nc(-c2ccc(F)cc2COC2CCCCO2)ccc1O[C@H]1CCC[C@H](C(=O)OC(C)C)C1. The summed E-state index contributed by atoms with van der Waals surface area (Å²) in [7, 11) is 0. The molecule has 0 radical (unpaired) electrons. The fourth-order valence-corrected chi connectivity index (χ4v) is 4.75. The zero-order valence-corrected chi connectivity index (χ0v) is 20.9. The van der Waals surface area contributed by atoms with Gasteiger partial charge < -0.3 is 18.9 Å². The summed E-state index contributed by atoms with van der Waals surface area (Å²) in [6.07, 6.45) is 5.87. The maximum atomic E-state index is 14.0. The van der Waals surface area contributed by atoms with Crippen molar-refractivity contribution in [2.24, 2.45) is 5.92 Å². The van der Waals surface area contributed by atoms with Crippen molar-refractivity contribution >= 4 is 5.97 Å². The van der Waals surface area contributed by atoms with Crippen LogP contribution in [0.1, 0.15) is 70.1 Å². The first-order valence-electron chi connectivity index (χ1n) is 12.8. The van der Waals surface area contributed by atoms with Crippen LogP contribution in [0.25, 0.3) is 11.3 Å². The number of benzene rings is 1. The minimum atomic E-state index is -0.309. The van der Waals surface area contributed by atoms with E-state index in [1.54, 1.807) is 6.07 Å². The van der Waals surface area contributed by atoms with Crippen LogP contribution in [0.5, 0.6) is 5.75 Å². The van der Waals surface area contributed by atoms with E-state index >= 15 is 0 Å². The van der Waals surface area contributed by atoms with Crippen LogP contribution in [-0.2, 0) is 25.6 Å². The van der Waals surface area contributed by atoms with E-state index in [0.29, 0.717) is 18.8 Å². The second kappa shape index (κ2) is 12.0. The van der Waals surface area contributed by atoms with Gasteiger partial charge >= 0.3 is 5.97 Å². The van der Waals surface area contributed by atoms with Gasteiger partial charge in [0.05, 0.1) is 36.1 Å². The molecule has 1 aromatic carbocycles. The summed E-state index contributed by atoms with van der Waals surface area (Å²) in [6.45, 7) is 6.60. The quantitative estimate of drug-likeness (QED) is 0.419. The molecule has 3 atom stereocenters. The molecule has 1 saturated heterocycles. The number of nitrogens with zero attached hydrogens (tertiary/aromatic N) is 1. The Hall–Kier alpha value is -2.51. The van der Waals surface area contributed by atoms with Crippen molar-refractivity contribution in [2.75, 3.05) is 6.61 Å². The Balaban J connectivity index is 1.44. The van der Waals surface area contributed by atoms with Gasteiger partial charge in [-0.05, 0) is 102 Å². The number of aryl methyl sites for hydroxylation is 1. The van der Waals surface area contributed by atoms with E-state index in [1.165, 1.54) is 12.1 Å². The molecule has 2 heterocycles. The highest BCUT2D eigenvalue weighted by Crippen LogP contribution is 2.32. The molecule has 35 heavy (non-hydrogen) atoms. The minimum Gasteiger partial charge on any atom is -0.489 e. The minimum absolute atomic E-state index is 0.0508. The molecule has 1 aromatic heterocycles. The molecule has 6 nitrogen and oxygen atoms in total. The van der Waals surface area contributed by atoms with Crippen LogP contribution >= 0.6 is 0 Å². The Bertz CT molecular complexity index is 1000. The summed E-state index contributed by atoms with van der Waals surface area (Å²) in [5.41, 5.74) is 3.05. The van der Waals surface area contributed by atoms with E-state index in [2.05, 4.69) is 0 Å². The number of aromatic nitrogens is 1. The maximum absolute atomic E-state index is 14.0. The number of carbonyl (C=O) groups excluding carboxylic acids is 1. The molecule has 190 valence electrons. The second-order valence-corrected chi connectivity index (χ2v) is 9.78. The van der Waals surface area contributed by atoms with Gasteiger partial charge in [-0.1, -0.05) is 0 Å². The predicted octanol–water partition coefficient (Wildman–Crippen LogP) is 6.13. The number of carbonyl (C=O) groups is 1. The van der Waals surface area contributed by atoms with Gasteiger partial charge in [-0.15, -0.1) is 0 Å². The number of esters is 1. The topological polar surface area (TPSA) is 66.9 Å². The average molecular weight is 486 g/mol. The molecule has 2 aliphatic rings. The van der Waals surface area contributed by atoms with Crippen molar-refractivity contribution in [1.29, 1.82) is 0 Å². The first-order valence-corrected chi connectivity index (χ1v) is 12.8. The highest BCUT2D eigenvalue weighted by atomic mass is 19.1. The van der Waals surface area contributed by atoms with Crippen molar-refractivity contribution in [3.63, 3.8) is 0 Å². The summed E-state index contributed by atoms with van der Waals surface area (Å²) in [4.78, 5) is 17.1. The Morgan fingerprint density at radius 2 is 2.00 bits per heavy atom. The van der Waals surface area contributed by atoms with E-state index in [0.717, 1.165) is 61.0 Å². The Morgan fingerprint density at radius 3 is 2.74 bits per heavy atom. The van der Waals surface area contributed by atoms with Gasteiger partial charge in [-0.2, -0.15) is 0 Å². The third-order valence-corrected chi connectivity index (χ3v) is 6.55. The molecule has 2 aromatic rings. The molecule has 4 rings (SSSR count). The lowest BCUT2D eigenvalue weighted by Gasteiger charge is -2.29. The number of ether oxygens (including phenoxy) is 4. The number of halogens is 1. The fourth-order valence-electron chi connectivity index (χ4n) is 4.75. The summed E-state index contributed by atoms with van der Waals surface area (Å²) < 4.78 is 37.3. The number of rotatable bonds is 8. The third kappa shape index (κ3) is 7.01. The van der Waals surface area contributed by atoms with Crippen LogP contribution in [0.2, 0.25) is 0 Å². The average Bonchev–Trinajstić information content (AvgIpc) is 2.84. The monoisotopic (exact) mass is 485 g/mol. The smallest absolute Gasteiger partial charge is 0.309 e. The highest BCUT2D eigenvalue weighted by molar-refractivity contribution is 5.72. The van der Waals surface area contributed by atoms with Crippen molar-refractivity contribution in [2.45, 2.75) is 90.8 Å². The lowest BCUT2D eigenvalue weighted by molar-refractivity contribution is -0.168. The van der Waals surface area contributed by atoms with Gasteiger partial charge in [-0.3, -0.25) is 4.79 Å². The van der Waals surface area contributed by atoms with Crippen molar-refractivity contribution in [3.05, 3.63) is 47.4 Å². The van der Waals surface area contributed by atoms with Gasteiger partial charge in [0.25, 0.3) is 0 Å². The van der Waals surface area contributed by atoms with Crippen LogP contribution in [0.3, 0.4) is 0 Å². The molecule has 1 aliphatic heterocycles. The predicted molar refractivity (Wildman–Crippen MR) is 130 cm³/mol. The largest absolute Gasteiger partial charge is 0.489 e. The Labute approximate surface area is 207 Å². The van der Waals surface area contributed by atoms with Crippen molar-refractivity contribution < 1.29 is 28.1 Å². The van der Waals surface area contributed by atoms with Crippen molar-refractivity contribution in [3.8, 4) is 17.0 Å². The molecular formula is C28H36FNO5. The van der Waals surface area contributed by atoms with Crippen LogP contribution in [0, 0.1) is 18.7 Å². The molecule has 0 amide bonds. The van der Waals surface area contributed by atoms with Crippen LogP contribution in [0.4, 0.5) is 4.39 Å². The normalized spacial score (nSPS) is 22.7. The van der Waals surface area contributed by atoms with E-state index in [1.807, 2.05) is 32.9 Å². The highest BCUT2D eigenvalue weighted by Gasteiger charge is 2.30. The summed E-state index contributed by atoms with van der Waals surface area (Å²) in [5, 5.41) is 0. The molecule has 7 heteroatoms. The molecular weight excluding hydrogens is 449 g/mol. The lowest BCUT2D eigenvalue weighted by Crippen LogP contribution is -2.31. The van der Waals surface area contributed by atoms with Gasteiger partial charge in [-0.25, -0.2) is 9.37 Å². The summed E-state index contributed by atoms with van der Waals surface area (Å²) >= 11 is 0.